The Morgan fingerprint density at radius 2 is 1.90 bits per heavy atom. The molecule has 1 fully saturated rings. The normalized spacial score (nSPS) is 18.6. The quantitative estimate of drug-likeness (QED) is 0.644. The summed E-state index contributed by atoms with van der Waals surface area (Å²) in [5.74, 6) is -0.577. The fourth-order valence-electron chi connectivity index (χ4n) is 3.21. The van der Waals surface area contributed by atoms with Crippen molar-refractivity contribution >= 4 is 23.5 Å². The summed E-state index contributed by atoms with van der Waals surface area (Å²) in [5.41, 5.74) is -0.152. The summed E-state index contributed by atoms with van der Waals surface area (Å²) in [4.78, 5) is 43.0. The predicted octanol–water partition coefficient (Wildman–Crippen LogP) is 1.67. The highest BCUT2D eigenvalue weighted by molar-refractivity contribution is 6.10. The third-order valence-corrected chi connectivity index (χ3v) is 4.71. The number of imide groups is 1. The summed E-state index contributed by atoms with van der Waals surface area (Å²) in [6, 6.07) is 13.4. The number of hydrogen-bond acceptors (Lipinski definition) is 5. The van der Waals surface area contributed by atoms with Gasteiger partial charge in [-0.15, -0.1) is 0 Å². The summed E-state index contributed by atoms with van der Waals surface area (Å²) in [6.45, 7) is 1.21. The van der Waals surface area contributed by atoms with Gasteiger partial charge in [-0.3, -0.25) is 14.5 Å². The number of hydrogen-bond donors (Lipinski definition) is 2. The lowest BCUT2D eigenvalue weighted by atomic mass is 9.92. The third kappa shape index (κ3) is 3.33. The molecule has 0 spiro atoms. The van der Waals surface area contributed by atoms with Gasteiger partial charge in [0.15, 0.2) is 5.82 Å². The molecule has 0 radical (unpaired) electrons. The summed E-state index contributed by atoms with van der Waals surface area (Å²) in [7, 11) is 0. The van der Waals surface area contributed by atoms with E-state index >= 15 is 0 Å². The van der Waals surface area contributed by atoms with E-state index in [1.165, 1.54) is 4.68 Å². The lowest BCUT2D eigenvalue weighted by molar-refractivity contribution is -0.133. The third-order valence-electron chi connectivity index (χ3n) is 4.71. The van der Waals surface area contributed by atoms with Gasteiger partial charge in [0.05, 0.1) is 5.69 Å². The van der Waals surface area contributed by atoms with Gasteiger partial charge >= 0.3 is 6.03 Å². The molecule has 1 aliphatic rings. The van der Waals surface area contributed by atoms with Crippen LogP contribution in [0.25, 0.3) is 5.82 Å². The molecular weight excluding hydrogens is 372 g/mol. The zero-order valence-electron chi connectivity index (χ0n) is 15.6. The average molecular weight is 390 g/mol. The molecule has 1 aliphatic heterocycles. The van der Waals surface area contributed by atoms with Gasteiger partial charge in [0.1, 0.15) is 12.1 Å². The molecule has 1 atom stereocenters. The van der Waals surface area contributed by atoms with E-state index in [9.17, 15) is 14.4 Å². The molecule has 2 aromatic heterocycles. The van der Waals surface area contributed by atoms with Crippen molar-refractivity contribution in [2.45, 2.75) is 12.5 Å². The van der Waals surface area contributed by atoms with E-state index in [-0.39, 0.29) is 0 Å². The van der Waals surface area contributed by atoms with Crippen LogP contribution in [0.4, 0.5) is 10.5 Å². The molecule has 146 valence electrons. The number of rotatable bonds is 5. The van der Waals surface area contributed by atoms with Crippen molar-refractivity contribution in [1.29, 1.82) is 0 Å². The van der Waals surface area contributed by atoms with Crippen LogP contribution < -0.4 is 10.6 Å². The number of carbonyl (C=O) groups is 3. The Labute approximate surface area is 166 Å². The maximum Gasteiger partial charge on any atom is 0.325 e. The molecule has 9 nitrogen and oxygen atoms in total. The van der Waals surface area contributed by atoms with Gasteiger partial charge < -0.3 is 10.6 Å². The first-order valence-electron chi connectivity index (χ1n) is 8.93. The molecule has 1 unspecified atom stereocenters. The molecule has 0 bridgehead atoms. The standard InChI is InChI=1S/C20H18N6O3/c1-20(14-7-3-2-4-8-14)18(28)25(19(29)24-20)13-16(27)23-15-9-5-10-21-17(15)26-12-6-11-22-26/h2-12H,13H2,1H3,(H,23,27)(H,24,29). The van der Waals surface area contributed by atoms with E-state index < -0.39 is 29.9 Å². The molecular formula is C20H18N6O3. The van der Waals surface area contributed by atoms with E-state index in [2.05, 4.69) is 20.7 Å². The monoisotopic (exact) mass is 390 g/mol. The number of benzene rings is 1. The van der Waals surface area contributed by atoms with E-state index in [0.29, 0.717) is 17.1 Å². The van der Waals surface area contributed by atoms with Gasteiger partial charge in [0.2, 0.25) is 5.91 Å². The fourth-order valence-corrected chi connectivity index (χ4v) is 3.21. The number of aromatic nitrogens is 3. The summed E-state index contributed by atoms with van der Waals surface area (Å²) in [5, 5.41) is 9.49. The Balaban J connectivity index is 1.51. The predicted molar refractivity (Wildman–Crippen MR) is 104 cm³/mol. The molecule has 0 aliphatic carbocycles. The van der Waals surface area contributed by atoms with Crippen molar-refractivity contribution in [2.24, 2.45) is 0 Å². The van der Waals surface area contributed by atoms with Crippen molar-refractivity contribution in [2.75, 3.05) is 11.9 Å². The minimum Gasteiger partial charge on any atom is -0.321 e. The van der Waals surface area contributed by atoms with Crippen LogP contribution in [-0.4, -0.2) is 44.1 Å². The van der Waals surface area contributed by atoms with Crippen LogP contribution >= 0.6 is 0 Å². The summed E-state index contributed by atoms with van der Waals surface area (Å²) < 4.78 is 1.51. The number of pyridine rings is 1. The van der Waals surface area contributed by atoms with Crippen molar-refractivity contribution < 1.29 is 14.4 Å². The van der Waals surface area contributed by atoms with Gasteiger partial charge in [-0.1, -0.05) is 30.3 Å². The van der Waals surface area contributed by atoms with Gasteiger partial charge in [0.25, 0.3) is 5.91 Å². The van der Waals surface area contributed by atoms with Crippen LogP contribution in [0.5, 0.6) is 0 Å². The largest absolute Gasteiger partial charge is 0.325 e. The second-order valence-electron chi connectivity index (χ2n) is 6.69. The van der Waals surface area contributed by atoms with Crippen LogP contribution in [0.3, 0.4) is 0 Å². The van der Waals surface area contributed by atoms with Crippen molar-refractivity contribution in [3.63, 3.8) is 0 Å². The molecule has 4 rings (SSSR count). The Bertz CT molecular complexity index is 1070. The molecule has 0 saturated carbocycles. The summed E-state index contributed by atoms with van der Waals surface area (Å²) >= 11 is 0. The SMILES string of the molecule is CC1(c2ccccc2)NC(=O)N(CC(=O)Nc2cccnc2-n2cccn2)C1=O. The van der Waals surface area contributed by atoms with E-state index in [1.54, 1.807) is 68.0 Å². The van der Waals surface area contributed by atoms with Gasteiger partial charge in [-0.05, 0) is 30.7 Å². The number of nitrogens with one attached hydrogen (secondary N) is 2. The Morgan fingerprint density at radius 3 is 2.62 bits per heavy atom. The van der Waals surface area contributed by atoms with Crippen LogP contribution in [0.2, 0.25) is 0 Å². The molecule has 1 saturated heterocycles. The fraction of sp³-hybridized carbons (Fsp3) is 0.150. The second-order valence-corrected chi connectivity index (χ2v) is 6.69. The Hall–Kier alpha value is -4.01. The Kier molecular flexibility index (Phi) is 4.55. The summed E-state index contributed by atoms with van der Waals surface area (Å²) in [6.07, 6.45) is 4.87. The topological polar surface area (TPSA) is 109 Å². The van der Waals surface area contributed by atoms with Crippen LogP contribution in [0.1, 0.15) is 12.5 Å². The van der Waals surface area contributed by atoms with E-state index in [4.69, 9.17) is 0 Å². The molecule has 3 heterocycles. The van der Waals surface area contributed by atoms with Gasteiger partial charge in [0, 0.05) is 18.6 Å². The second kappa shape index (κ2) is 7.19. The number of urea groups is 1. The maximum absolute atomic E-state index is 12.9. The van der Waals surface area contributed by atoms with Crippen LogP contribution in [0, 0.1) is 0 Å². The molecule has 29 heavy (non-hydrogen) atoms. The maximum atomic E-state index is 12.9. The number of nitrogens with zero attached hydrogens (tertiary/aromatic N) is 4. The highest BCUT2D eigenvalue weighted by Crippen LogP contribution is 2.28. The van der Waals surface area contributed by atoms with Gasteiger partial charge in [-0.25, -0.2) is 14.5 Å². The molecule has 1 aromatic carbocycles. The number of amides is 4. The first-order chi connectivity index (χ1) is 14.0. The zero-order chi connectivity index (χ0) is 20.4. The minimum atomic E-state index is -1.22. The van der Waals surface area contributed by atoms with Crippen molar-refractivity contribution in [1.82, 2.24) is 25.0 Å². The zero-order valence-corrected chi connectivity index (χ0v) is 15.6. The number of anilines is 1. The lowest BCUT2D eigenvalue weighted by Gasteiger charge is -2.22. The van der Waals surface area contributed by atoms with Crippen molar-refractivity contribution in [3.8, 4) is 5.82 Å². The van der Waals surface area contributed by atoms with E-state index in [0.717, 1.165) is 4.90 Å². The van der Waals surface area contributed by atoms with Crippen molar-refractivity contribution in [3.05, 3.63) is 72.7 Å². The highest BCUT2D eigenvalue weighted by Gasteiger charge is 2.49. The minimum absolute atomic E-state index is 0.416. The first kappa shape index (κ1) is 18.4. The van der Waals surface area contributed by atoms with Crippen LogP contribution in [0.15, 0.2) is 67.1 Å². The smallest absolute Gasteiger partial charge is 0.321 e. The molecule has 4 amide bonds. The average Bonchev–Trinajstić information content (AvgIpc) is 3.33. The van der Waals surface area contributed by atoms with Crippen LogP contribution in [-0.2, 0) is 15.1 Å². The lowest BCUT2D eigenvalue weighted by Crippen LogP contribution is -2.42. The Morgan fingerprint density at radius 1 is 1.10 bits per heavy atom. The highest BCUT2D eigenvalue weighted by atomic mass is 16.2. The molecule has 3 aromatic rings. The van der Waals surface area contributed by atoms with Gasteiger partial charge in [-0.2, -0.15) is 5.10 Å². The molecule has 2 N–H and O–H groups in total. The molecule has 9 heteroatoms. The first-order valence-corrected chi connectivity index (χ1v) is 8.93. The van der Waals surface area contributed by atoms with E-state index in [1.807, 2.05) is 6.07 Å². The number of carbonyl (C=O) groups excluding carboxylic acids is 3.